The Hall–Kier alpha value is -1.33. The molecule has 2 aromatic rings. The molecule has 0 aliphatic heterocycles. The van der Waals surface area contributed by atoms with Gasteiger partial charge in [0.05, 0.1) is 5.01 Å². The van der Waals surface area contributed by atoms with Gasteiger partial charge in [-0.15, -0.1) is 11.3 Å². The largest absolute Gasteiger partial charge is 0.313 e. The first-order valence-corrected chi connectivity index (χ1v) is 6.51. The van der Waals surface area contributed by atoms with Gasteiger partial charge in [0, 0.05) is 23.5 Å². The van der Waals surface area contributed by atoms with E-state index in [1.165, 1.54) is 6.07 Å². The summed E-state index contributed by atoms with van der Waals surface area (Å²) in [6, 6.07) is 3.92. The van der Waals surface area contributed by atoms with E-state index in [1.807, 2.05) is 12.3 Å². The highest BCUT2D eigenvalue weighted by molar-refractivity contribution is 7.09. The van der Waals surface area contributed by atoms with E-state index in [2.05, 4.69) is 10.3 Å². The lowest BCUT2D eigenvalue weighted by Gasteiger charge is -2.15. The van der Waals surface area contributed by atoms with Crippen LogP contribution >= 0.6 is 11.3 Å². The second-order valence-electron chi connectivity index (χ2n) is 4.10. The van der Waals surface area contributed by atoms with Gasteiger partial charge in [-0.05, 0) is 31.7 Å². The van der Waals surface area contributed by atoms with E-state index >= 15 is 0 Å². The number of hydrogen-bond donors (Lipinski definition) is 1. The molecule has 0 radical (unpaired) electrons. The highest BCUT2D eigenvalue weighted by Gasteiger charge is 2.14. The number of nitrogens with zero attached hydrogens (tertiary/aromatic N) is 1. The molecule has 5 heteroatoms. The molecule has 1 aromatic carbocycles. The maximum Gasteiger partial charge on any atom is 0.159 e. The summed E-state index contributed by atoms with van der Waals surface area (Å²) in [4.78, 5) is 4.37. The van der Waals surface area contributed by atoms with E-state index in [-0.39, 0.29) is 6.04 Å². The molecule has 0 amide bonds. The van der Waals surface area contributed by atoms with E-state index in [0.29, 0.717) is 6.42 Å². The molecular weight excluding hydrogens is 254 g/mol. The molecule has 1 unspecified atom stereocenters. The van der Waals surface area contributed by atoms with Crippen LogP contribution in [0.3, 0.4) is 0 Å². The minimum Gasteiger partial charge on any atom is -0.313 e. The van der Waals surface area contributed by atoms with Crippen LogP contribution in [0.15, 0.2) is 23.6 Å². The molecule has 1 N–H and O–H groups in total. The fourth-order valence-corrected chi connectivity index (χ4v) is 2.61. The van der Waals surface area contributed by atoms with Gasteiger partial charge in [0.25, 0.3) is 0 Å². The highest BCUT2D eigenvalue weighted by atomic mass is 32.1. The minimum absolute atomic E-state index is 0.0642. The number of rotatable bonds is 4. The standard InChI is InChI=1S/C13H14F2N2S/c1-8-7-18-13(17-8)6-12(16-2)9-3-4-10(14)11(15)5-9/h3-5,7,12,16H,6H2,1-2H3. The zero-order chi connectivity index (χ0) is 13.1. The first-order chi connectivity index (χ1) is 8.60. The van der Waals surface area contributed by atoms with Crippen LogP contribution in [0, 0.1) is 18.6 Å². The zero-order valence-electron chi connectivity index (χ0n) is 10.2. The number of nitrogens with one attached hydrogen (secondary N) is 1. The Balaban J connectivity index is 2.19. The quantitative estimate of drug-likeness (QED) is 0.921. The first kappa shape index (κ1) is 13.1. The van der Waals surface area contributed by atoms with Crippen LogP contribution in [0.1, 0.15) is 22.3 Å². The fraction of sp³-hybridized carbons (Fsp3) is 0.308. The summed E-state index contributed by atoms with van der Waals surface area (Å²) in [7, 11) is 1.80. The monoisotopic (exact) mass is 268 g/mol. The van der Waals surface area contributed by atoms with Crippen LogP contribution in [0.5, 0.6) is 0 Å². The van der Waals surface area contributed by atoms with Crippen molar-refractivity contribution in [2.75, 3.05) is 7.05 Å². The van der Waals surface area contributed by atoms with Crippen molar-refractivity contribution in [2.24, 2.45) is 0 Å². The van der Waals surface area contributed by atoms with E-state index in [0.717, 1.165) is 22.3 Å². The predicted octanol–water partition coefficient (Wildman–Crippen LogP) is 3.23. The molecule has 1 heterocycles. The molecule has 0 fully saturated rings. The second-order valence-corrected chi connectivity index (χ2v) is 5.04. The second kappa shape index (κ2) is 5.54. The van der Waals surface area contributed by atoms with Crippen molar-refractivity contribution in [1.82, 2.24) is 10.3 Å². The Labute approximate surface area is 109 Å². The van der Waals surface area contributed by atoms with E-state index in [4.69, 9.17) is 0 Å². The molecule has 0 aliphatic rings. The molecule has 96 valence electrons. The molecule has 0 aliphatic carbocycles. The number of aryl methyl sites for hydroxylation is 1. The van der Waals surface area contributed by atoms with Crippen LogP contribution < -0.4 is 5.32 Å². The molecule has 0 spiro atoms. The first-order valence-electron chi connectivity index (χ1n) is 5.63. The van der Waals surface area contributed by atoms with E-state index in [9.17, 15) is 8.78 Å². The normalized spacial score (nSPS) is 12.7. The topological polar surface area (TPSA) is 24.9 Å². The third-order valence-electron chi connectivity index (χ3n) is 2.74. The van der Waals surface area contributed by atoms with Crippen molar-refractivity contribution in [2.45, 2.75) is 19.4 Å². The van der Waals surface area contributed by atoms with Gasteiger partial charge in [0.2, 0.25) is 0 Å². The molecular formula is C13H14F2N2S. The van der Waals surface area contributed by atoms with Crippen molar-refractivity contribution < 1.29 is 8.78 Å². The average Bonchev–Trinajstić information content (AvgIpc) is 2.75. The number of thiazole rings is 1. The molecule has 1 atom stereocenters. The minimum atomic E-state index is -0.821. The van der Waals surface area contributed by atoms with Gasteiger partial charge in [-0.1, -0.05) is 6.07 Å². The Morgan fingerprint density at radius 3 is 2.67 bits per heavy atom. The average molecular weight is 268 g/mol. The van der Waals surface area contributed by atoms with Crippen LogP contribution in [0.25, 0.3) is 0 Å². The van der Waals surface area contributed by atoms with Crippen molar-refractivity contribution in [3.63, 3.8) is 0 Å². The van der Waals surface area contributed by atoms with Crippen LogP contribution in [0.4, 0.5) is 8.78 Å². The number of halogens is 2. The molecule has 0 saturated carbocycles. The summed E-state index contributed by atoms with van der Waals surface area (Å²) in [6.45, 7) is 1.94. The molecule has 0 bridgehead atoms. The molecule has 0 saturated heterocycles. The van der Waals surface area contributed by atoms with Crippen molar-refractivity contribution in [1.29, 1.82) is 0 Å². The Morgan fingerprint density at radius 2 is 2.11 bits per heavy atom. The van der Waals surface area contributed by atoms with Crippen molar-refractivity contribution in [3.05, 3.63) is 51.5 Å². The summed E-state index contributed by atoms with van der Waals surface area (Å²) >= 11 is 1.58. The SMILES string of the molecule is CNC(Cc1nc(C)cs1)c1ccc(F)c(F)c1. The lowest BCUT2D eigenvalue weighted by Crippen LogP contribution is -2.19. The number of hydrogen-bond acceptors (Lipinski definition) is 3. The number of likely N-dealkylation sites (N-methyl/N-ethyl adjacent to an activating group) is 1. The van der Waals surface area contributed by atoms with Gasteiger partial charge < -0.3 is 5.32 Å². The maximum absolute atomic E-state index is 13.2. The summed E-state index contributed by atoms with van der Waals surface area (Å²) in [5.74, 6) is -1.64. The van der Waals surface area contributed by atoms with Gasteiger partial charge in [0.1, 0.15) is 0 Å². The molecule has 18 heavy (non-hydrogen) atoms. The summed E-state index contributed by atoms with van der Waals surface area (Å²) < 4.78 is 26.1. The Kier molecular flexibility index (Phi) is 4.04. The predicted molar refractivity (Wildman–Crippen MR) is 68.7 cm³/mol. The van der Waals surface area contributed by atoms with E-state index < -0.39 is 11.6 Å². The van der Waals surface area contributed by atoms with Crippen molar-refractivity contribution >= 4 is 11.3 Å². The Bertz CT molecular complexity index is 540. The van der Waals surface area contributed by atoms with Crippen molar-refractivity contribution in [3.8, 4) is 0 Å². The summed E-state index contributed by atoms with van der Waals surface area (Å²) in [5, 5.41) is 6.06. The molecule has 2 rings (SSSR count). The molecule has 2 nitrogen and oxygen atoms in total. The fourth-order valence-electron chi connectivity index (χ4n) is 1.79. The maximum atomic E-state index is 13.2. The summed E-state index contributed by atoms with van der Waals surface area (Å²) in [6.07, 6.45) is 0.667. The van der Waals surface area contributed by atoms with Crippen LogP contribution in [-0.2, 0) is 6.42 Å². The van der Waals surface area contributed by atoms with Crippen LogP contribution in [-0.4, -0.2) is 12.0 Å². The third kappa shape index (κ3) is 2.91. The lowest BCUT2D eigenvalue weighted by atomic mass is 10.0. The van der Waals surface area contributed by atoms with Gasteiger partial charge in [-0.2, -0.15) is 0 Å². The van der Waals surface area contributed by atoms with Gasteiger partial charge in [0.15, 0.2) is 11.6 Å². The van der Waals surface area contributed by atoms with Crippen LogP contribution in [0.2, 0.25) is 0 Å². The highest BCUT2D eigenvalue weighted by Crippen LogP contribution is 2.22. The molecule has 1 aromatic heterocycles. The van der Waals surface area contributed by atoms with Gasteiger partial charge in [-0.3, -0.25) is 0 Å². The van der Waals surface area contributed by atoms with Gasteiger partial charge >= 0.3 is 0 Å². The number of benzene rings is 1. The smallest absolute Gasteiger partial charge is 0.159 e. The number of aromatic nitrogens is 1. The van der Waals surface area contributed by atoms with E-state index in [1.54, 1.807) is 24.5 Å². The Morgan fingerprint density at radius 1 is 1.33 bits per heavy atom. The lowest BCUT2D eigenvalue weighted by molar-refractivity contribution is 0.501. The third-order valence-corrected chi connectivity index (χ3v) is 3.73. The summed E-state index contributed by atoms with van der Waals surface area (Å²) in [5.41, 5.74) is 1.71. The zero-order valence-corrected chi connectivity index (χ0v) is 11.0. The van der Waals surface area contributed by atoms with Gasteiger partial charge in [-0.25, -0.2) is 13.8 Å².